The monoisotopic (exact) mass is 674 g/mol. The number of hydrogen-bond donors (Lipinski definition) is 2. The Labute approximate surface area is 264 Å². The number of pyridine rings is 1. The van der Waals surface area contributed by atoms with Crippen LogP contribution >= 0.6 is 0 Å². The lowest BCUT2D eigenvalue weighted by Gasteiger charge is -2.31. The SMILES string of the molecule is CN(CC(F)(F)F)C(=O)O[C@H]1CO[C@H](CCc2c(F)cncc2NC(=O)C[C@@H](c2ccc(F)cc2)c2ccccc2C(F)(F)F)CN1. The maximum atomic E-state index is 14.9. The van der Waals surface area contributed by atoms with E-state index in [1.54, 1.807) is 0 Å². The van der Waals surface area contributed by atoms with Crippen molar-refractivity contribution in [1.82, 2.24) is 15.2 Å². The van der Waals surface area contributed by atoms with Gasteiger partial charge in [0, 0.05) is 31.5 Å². The Morgan fingerprint density at radius 2 is 1.77 bits per heavy atom. The minimum Gasteiger partial charge on any atom is -0.428 e. The molecule has 1 saturated heterocycles. The number of morpholine rings is 1. The van der Waals surface area contributed by atoms with Crippen LogP contribution in [-0.2, 0) is 26.9 Å². The van der Waals surface area contributed by atoms with Gasteiger partial charge in [-0.2, -0.15) is 26.3 Å². The number of ether oxygens (including phenoxy) is 2. The minimum absolute atomic E-state index is 0.0137. The molecule has 8 nitrogen and oxygen atoms in total. The van der Waals surface area contributed by atoms with Crippen molar-refractivity contribution in [2.75, 3.05) is 32.1 Å². The van der Waals surface area contributed by atoms with Gasteiger partial charge in [-0.25, -0.2) is 13.6 Å². The maximum Gasteiger partial charge on any atom is 0.416 e. The van der Waals surface area contributed by atoms with Crippen LogP contribution in [0.5, 0.6) is 0 Å². The summed E-state index contributed by atoms with van der Waals surface area (Å²) in [7, 11) is 0.937. The van der Waals surface area contributed by atoms with E-state index in [0.29, 0.717) is 4.90 Å². The maximum absolute atomic E-state index is 14.9. The predicted octanol–water partition coefficient (Wildman–Crippen LogP) is 6.42. The lowest BCUT2D eigenvalue weighted by atomic mass is 9.85. The Morgan fingerprint density at radius 3 is 2.40 bits per heavy atom. The van der Waals surface area contributed by atoms with Gasteiger partial charge in [-0.3, -0.25) is 15.1 Å². The highest BCUT2D eigenvalue weighted by Crippen LogP contribution is 2.39. The highest BCUT2D eigenvalue weighted by Gasteiger charge is 2.36. The van der Waals surface area contributed by atoms with Gasteiger partial charge in [-0.1, -0.05) is 30.3 Å². The highest BCUT2D eigenvalue weighted by atomic mass is 19.4. The van der Waals surface area contributed by atoms with Gasteiger partial charge < -0.3 is 19.7 Å². The van der Waals surface area contributed by atoms with E-state index in [4.69, 9.17) is 9.47 Å². The van der Waals surface area contributed by atoms with Crippen LogP contribution in [-0.4, -0.2) is 67.1 Å². The topological polar surface area (TPSA) is 92.8 Å². The van der Waals surface area contributed by atoms with Crippen LogP contribution in [0.2, 0.25) is 0 Å². The predicted molar refractivity (Wildman–Crippen MR) is 152 cm³/mol. The van der Waals surface area contributed by atoms with Crippen molar-refractivity contribution in [3.8, 4) is 0 Å². The molecule has 0 aliphatic carbocycles. The molecule has 1 fully saturated rings. The van der Waals surface area contributed by atoms with E-state index in [-0.39, 0.29) is 48.4 Å². The summed E-state index contributed by atoms with van der Waals surface area (Å²) >= 11 is 0. The summed E-state index contributed by atoms with van der Waals surface area (Å²) in [6.07, 6.45) is -10.2. The zero-order valence-corrected chi connectivity index (χ0v) is 24.8. The van der Waals surface area contributed by atoms with Gasteiger partial charge in [-0.15, -0.1) is 0 Å². The molecule has 0 saturated carbocycles. The molecule has 1 aliphatic rings. The van der Waals surface area contributed by atoms with Gasteiger partial charge >= 0.3 is 18.4 Å². The minimum atomic E-state index is -4.73. The second-order valence-electron chi connectivity index (χ2n) is 10.8. The van der Waals surface area contributed by atoms with Crippen molar-refractivity contribution >= 4 is 17.7 Å². The molecule has 0 unspecified atom stereocenters. The molecule has 47 heavy (non-hydrogen) atoms. The van der Waals surface area contributed by atoms with Crippen LogP contribution in [0.25, 0.3) is 0 Å². The summed E-state index contributed by atoms with van der Waals surface area (Å²) in [6, 6.07) is 9.48. The number of amides is 2. The normalized spacial score (nSPS) is 17.6. The van der Waals surface area contributed by atoms with Crippen LogP contribution in [0, 0.1) is 11.6 Å². The largest absolute Gasteiger partial charge is 0.428 e. The third-order valence-electron chi connectivity index (χ3n) is 7.33. The lowest BCUT2D eigenvalue weighted by molar-refractivity contribution is -0.143. The molecule has 2 N–H and O–H groups in total. The number of rotatable bonds is 10. The van der Waals surface area contributed by atoms with Crippen LogP contribution < -0.4 is 10.6 Å². The summed E-state index contributed by atoms with van der Waals surface area (Å²) in [5, 5.41) is 5.37. The second kappa shape index (κ2) is 15.1. The van der Waals surface area contributed by atoms with Crippen molar-refractivity contribution in [3.05, 3.63) is 94.8 Å². The number of nitrogens with zero attached hydrogens (tertiary/aromatic N) is 2. The van der Waals surface area contributed by atoms with Crippen molar-refractivity contribution in [3.63, 3.8) is 0 Å². The first-order chi connectivity index (χ1) is 22.1. The summed E-state index contributed by atoms with van der Waals surface area (Å²) in [4.78, 5) is 29.3. The van der Waals surface area contributed by atoms with Crippen LogP contribution in [0.15, 0.2) is 60.9 Å². The molecule has 3 aromatic rings. The summed E-state index contributed by atoms with van der Waals surface area (Å²) in [5.74, 6) is -3.25. The molecular weight excluding hydrogens is 644 g/mol. The fourth-order valence-electron chi connectivity index (χ4n) is 5.09. The van der Waals surface area contributed by atoms with Gasteiger partial charge in [0.1, 0.15) is 18.2 Å². The van der Waals surface area contributed by atoms with Crippen LogP contribution in [0.1, 0.15) is 41.0 Å². The van der Waals surface area contributed by atoms with Crippen molar-refractivity contribution in [1.29, 1.82) is 0 Å². The Bertz CT molecular complexity index is 1530. The molecule has 0 spiro atoms. The van der Waals surface area contributed by atoms with Crippen LogP contribution in [0.4, 0.5) is 45.6 Å². The third kappa shape index (κ3) is 10.1. The fraction of sp³-hybridized carbons (Fsp3) is 0.387. The number of alkyl halides is 6. The molecule has 3 atom stereocenters. The first-order valence-corrected chi connectivity index (χ1v) is 14.3. The Hall–Kier alpha value is -4.31. The molecule has 1 aromatic heterocycles. The average molecular weight is 675 g/mol. The number of carbonyl (C=O) groups excluding carboxylic acids is 2. The Morgan fingerprint density at radius 1 is 1.06 bits per heavy atom. The number of carbonyl (C=O) groups is 2. The van der Waals surface area contributed by atoms with E-state index in [0.717, 1.165) is 31.4 Å². The molecule has 16 heteroatoms. The number of halogens is 8. The number of aromatic nitrogens is 1. The number of hydrogen-bond acceptors (Lipinski definition) is 6. The summed E-state index contributed by atoms with van der Waals surface area (Å²) < 4.78 is 118. The highest BCUT2D eigenvalue weighted by molar-refractivity contribution is 5.92. The van der Waals surface area contributed by atoms with Crippen molar-refractivity contribution < 1.29 is 54.2 Å². The van der Waals surface area contributed by atoms with E-state index in [2.05, 4.69) is 15.6 Å². The number of benzene rings is 2. The fourth-order valence-corrected chi connectivity index (χ4v) is 5.09. The quantitative estimate of drug-likeness (QED) is 0.242. The lowest BCUT2D eigenvalue weighted by Crippen LogP contribution is -2.50. The van der Waals surface area contributed by atoms with E-state index in [1.165, 1.54) is 36.5 Å². The van der Waals surface area contributed by atoms with E-state index in [1.807, 2.05) is 0 Å². The Kier molecular flexibility index (Phi) is 11.4. The molecule has 2 aromatic carbocycles. The first kappa shape index (κ1) is 35.5. The van der Waals surface area contributed by atoms with Gasteiger partial charge in [0.15, 0.2) is 6.23 Å². The standard InChI is InChI=1S/C31H30F8N4O4/c1-43(17-30(34,35)36)29(45)47-28-16-46-20(13-41-28)10-11-22-25(33)14-40-15-26(22)42-27(44)12-23(18-6-8-19(32)9-7-18)21-4-2-3-5-24(21)31(37,38)39/h2-9,14-15,20,23,28,41H,10-13,16-17H2,1H3,(H,42,44)/t20-,23+,28+/m1/s1. The molecule has 1 aliphatic heterocycles. The zero-order chi connectivity index (χ0) is 34.4. The van der Waals surface area contributed by atoms with Crippen molar-refractivity contribution in [2.45, 2.75) is 49.9 Å². The number of anilines is 1. The van der Waals surface area contributed by atoms with E-state index < -0.39 is 72.8 Å². The van der Waals surface area contributed by atoms with Gasteiger partial charge in [0.05, 0.1) is 36.4 Å². The smallest absolute Gasteiger partial charge is 0.416 e. The molecule has 4 rings (SSSR count). The molecular formula is C31H30F8N4O4. The first-order valence-electron chi connectivity index (χ1n) is 14.3. The molecule has 254 valence electrons. The second-order valence-corrected chi connectivity index (χ2v) is 10.8. The Balaban J connectivity index is 1.41. The molecule has 0 bridgehead atoms. The summed E-state index contributed by atoms with van der Waals surface area (Å²) in [5.41, 5.74) is -0.860. The average Bonchev–Trinajstić information content (AvgIpc) is 2.99. The summed E-state index contributed by atoms with van der Waals surface area (Å²) in [6.45, 7) is -1.58. The third-order valence-corrected chi connectivity index (χ3v) is 7.33. The van der Waals surface area contributed by atoms with E-state index >= 15 is 0 Å². The van der Waals surface area contributed by atoms with Crippen molar-refractivity contribution in [2.24, 2.45) is 0 Å². The molecule has 0 radical (unpaired) electrons. The zero-order valence-electron chi connectivity index (χ0n) is 24.8. The van der Waals surface area contributed by atoms with Gasteiger partial charge in [0.2, 0.25) is 5.91 Å². The van der Waals surface area contributed by atoms with Gasteiger partial charge in [-0.05, 0) is 42.2 Å². The van der Waals surface area contributed by atoms with Gasteiger partial charge in [0.25, 0.3) is 0 Å². The van der Waals surface area contributed by atoms with E-state index in [9.17, 15) is 44.7 Å². The molecule has 2 heterocycles. The molecule has 2 amide bonds. The van der Waals surface area contributed by atoms with Crippen LogP contribution in [0.3, 0.4) is 0 Å². The number of nitrogens with one attached hydrogen (secondary N) is 2.